The number of hydrogen-bond donors (Lipinski definition) is 0. The fourth-order valence-corrected chi connectivity index (χ4v) is 2.46. The summed E-state index contributed by atoms with van der Waals surface area (Å²) < 4.78 is 5.06. The summed E-state index contributed by atoms with van der Waals surface area (Å²) >= 11 is 10.2. The summed E-state index contributed by atoms with van der Waals surface area (Å²) in [6, 6.07) is 0. The Bertz CT molecular complexity index is 169. The molecule has 0 fully saturated rings. The summed E-state index contributed by atoms with van der Waals surface area (Å²) in [5.74, 6) is -1.98. The maximum Gasteiger partial charge on any atom is 1.00 e. The van der Waals surface area contributed by atoms with Gasteiger partial charge in [0.25, 0.3) is 0 Å². The normalized spacial score (nSPS) is 17.0. The zero-order valence-corrected chi connectivity index (χ0v) is 11.1. The summed E-state index contributed by atoms with van der Waals surface area (Å²) in [4.78, 5) is 0. The third-order valence-corrected chi connectivity index (χ3v) is 5.29. The maximum atomic E-state index is 5.11. The van der Waals surface area contributed by atoms with Crippen molar-refractivity contribution < 1.29 is 34.1 Å². The van der Waals surface area contributed by atoms with Crippen LogP contribution in [0.25, 0.3) is 0 Å². The molecule has 0 unspecified atom stereocenters. The molecule has 0 aromatic heterocycles. The van der Waals surface area contributed by atoms with Gasteiger partial charge in [0, 0.05) is 0 Å². The Hall–Kier alpha value is 1.57. The van der Waals surface area contributed by atoms with Gasteiger partial charge in [-0.1, -0.05) is 18.0 Å². The molecule has 56 valence electrons. The van der Waals surface area contributed by atoms with E-state index in [1.807, 2.05) is 24.3 Å². The van der Waals surface area contributed by atoms with Crippen LogP contribution in [0.15, 0.2) is 24.3 Å². The molecule has 1 aliphatic rings. The SMILES string of the molecule is CO[P+]([S-])([S-])C1C=CC=C1.[Na+]. The Balaban J connectivity index is 0.000001000. The molecule has 0 atom stereocenters. The summed E-state index contributed by atoms with van der Waals surface area (Å²) in [5.41, 5.74) is 0.183. The first-order valence-electron chi connectivity index (χ1n) is 2.88. The summed E-state index contributed by atoms with van der Waals surface area (Å²) in [7, 11) is 1.59. The predicted molar refractivity (Wildman–Crippen MR) is 50.7 cm³/mol. The van der Waals surface area contributed by atoms with Gasteiger partial charge >= 0.3 is 29.6 Å². The van der Waals surface area contributed by atoms with Crippen LogP contribution in [0.2, 0.25) is 0 Å². The van der Waals surface area contributed by atoms with Crippen molar-refractivity contribution in [3.05, 3.63) is 24.3 Å². The summed E-state index contributed by atoms with van der Waals surface area (Å²) in [6.07, 6.45) is 7.91. The number of allylic oxidation sites excluding steroid dienone is 4. The van der Waals surface area contributed by atoms with Gasteiger partial charge in [-0.2, -0.15) is 0 Å². The fourth-order valence-electron chi connectivity index (χ4n) is 0.753. The molecule has 0 heterocycles. The van der Waals surface area contributed by atoms with Gasteiger partial charge in [-0.15, -0.1) is 0 Å². The third kappa shape index (κ3) is 3.43. The topological polar surface area (TPSA) is 9.23 Å². The first-order chi connectivity index (χ1) is 4.67. The standard InChI is InChI=1S/C6H9OPS2.Na/c1-7-8(9,10)6-4-2-3-5-6;/h2-6H,1H3,(H,9,10);/q;+1/p-1. The van der Waals surface area contributed by atoms with Crippen LogP contribution in [0, 0.1) is 0 Å². The van der Waals surface area contributed by atoms with E-state index in [-0.39, 0.29) is 35.2 Å². The van der Waals surface area contributed by atoms with Gasteiger partial charge in [-0.05, 0) is 12.2 Å². The molecule has 0 N–H and O–H groups in total. The second-order valence-electron chi connectivity index (χ2n) is 1.98. The first kappa shape index (κ1) is 12.6. The zero-order chi connectivity index (χ0) is 7.61. The smallest absolute Gasteiger partial charge is 0.547 e. The number of rotatable bonds is 2. The molecule has 0 saturated carbocycles. The van der Waals surface area contributed by atoms with Crippen LogP contribution in [0.4, 0.5) is 0 Å². The van der Waals surface area contributed by atoms with Gasteiger partial charge in [-0.25, -0.2) is 0 Å². The average molecular weight is 214 g/mol. The van der Waals surface area contributed by atoms with Crippen LogP contribution in [-0.2, 0) is 29.0 Å². The van der Waals surface area contributed by atoms with Crippen molar-refractivity contribution in [2.45, 2.75) is 5.66 Å². The Morgan fingerprint density at radius 1 is 1.27 bits per heavy atom. The van der Waals surface area contributed by atoms with E-state index in [0.29, 0.717) is 0 Å². The van der Waals surface area contributed by atoms with Gasteiger partial charge in [-0.3, -0.25) is 4.52 Å². The molecule has 0 spiro atoms. The van der Waals surface area contributed by atoms with Crippen molar-refractivity contribution in [3.8, 4) is 0 Å². The zero-order valence-electron chi connectivity index (χ0n) is 6.56. The van der Waals surface area contributed by atoms with Crippen molar-refractivity contribution >= 4 is 30.4 Å². The molecule has 11 heavy (non-hydrogen) atoms. The van der Waals surface area contributed by atoms with E-state index in [2.05, 4.69) is 0 Å². The number of hydrogen-bond acceptors (Lipinski definition) is 3. The molecule has 0 aromatic carbocycles. The molecule has 0 amide bonds. The molecule has 0 aliphatic heterocycles. The Labute approximate surface area is 101 Å². The Morgan fingerprint density at radius 2 is 1.73 bits per heavy atom. The second-order valence-corrected chi connectivity index (χ2v) is 7.97. The predicted octanol–water partition coefficient (Wildman–Crippen LogP) is -1.01. The molecule has 1 nitrogen and oxygen atoms in total. The largest absolute Gasteiger partial charge is 1.00 e. The van der Waals surface area contributed by atoms with E-state index in [9.17, 15) is 0 Å². The average Bonchev–Trinajstić information content (AvgIpc) is 2.38. The molecular weight excluding hydrogens is 206 g/mol. The first-order valence-corrected chi connectivity index (χ1v) is 6.68. The van der Waals surface area contributed by atoms with E-state index in [1.165, 1.54) is 0 Å². The van der Waals surface area contributed by atoms with Gasteiger partial charge in [0.15, 0.2) is 0 Å². The van der Waals surface area contributed by atoms with Crippen molar-refractivity contribution in [3.63, 3.8) is 0 Å². The van der Waals surface area contributed by atoms with Crippen molar-refractivity contribution in [1.29, 1.82) is 0 Å². The van der Waals surface area contributed by atoms with E-state index >= 15 is 0 Å². The Morgan fingerprint density at radius 3 is 2.09 bits per heavy atom. The van der Waals surface area contributed by atoms with Crippen molar-refractivity contribution in [1.82, 2.24) is 0 Å². The molecule has 5 heteroatoms. The van der Waals surface area contributed by atoms with E-state index in [1.54, 1.807) is 7.11 Å². The van der Waals surface area contributed by atoms with Gasteiger partial charge in [0.05, 0.1) is 12.8 Å². The Kier molecular flexibility index (Phi) is 6.09. The minimum absolute atomic E-state index is 0. The molecule has 0 bridgehead atoms. The van der Waals surface area contributed by atoms with E-state index in [0.717, 1.165) is 0 Å². The quantitative estimate of drug-likeness (QED) is 0.331. The van der Waals surface area contributed by atoms with Gasteiger partial charge in [0.2, 0.25) is 0 Å². The molecule has 0 radical (unpaired) electrons. The van der Waals surface area contributed by atoms with Crippen molar-refractivity contribution in [2.75, 3.05) is 7.11 Å². The van der Waals surface area contributed by atoms with Crippen LogP contribution < -0.4 is 29.6 Å². The van der Waals surface area contributed by atoms with Crippen LogP contribution in [-0.4, -0.2) is 12.8 Å². The van der Waals surface area contributed by atoms with Crippen LogP contribution in [0.5, 0.6) is 0 Å². The van der Waals surface area contributed by atoms with Crippen LogP contribution in [0.1, 0.15) is 0 Å². The molecule has 1 aliphatic carbocycles. The van der Waals surface area contributed by atoms with Gasteiger partial charge < -0.3 is 24.5 Å². The second kappa shape index (κ2) is 5.33. The minimum Gasteiger partial charge on any atom is -0.547 e. The van der Waals surface area contributed by atoms with E-state index in [4.69, 9.17) is 29.0 Å². The molecule has 0 saturated heterocycles. The van der Waals surface area contributed by atoms with Crippen molar-refractivity contribution in [2.24, 2.45) is 0 Å². The minimum atomic E-state index is -1.98. The maximum absolute atomic E-state index is 5.11. The van der Waals surface area contributed by atoms with Crippen LogP contribution in [0.3, 0.4) is 0 Å². The van der Waals surface area contributed by atoms with Gasteiger partial charge in [0.1, 0.15) is 0 Å². The third-order valence-electron chi connectivity index (χ3n) is 1.35. The summed E-state index contributed by atoms with van der Waals surface area (Å²) in [6.45, 7) is 0. The van der Waals surface area contributed by atoms with E-state index < -0.39 is 5.89 Å². The van der Waals surface area contributed by atoms with Crippen LogP contribution >= 0.6 is 5.89 Å². The molecule has 1 rings (SSSR count). The summed E-state index contributed by atoms with van der Waals surface area (Å²) in [5, 5.41) is 0. The molecular formula is C6H8NaOPS2. The molecule has 0 aromatic rings. The monoisotopic (exact) mass is 214 g/mol. The fraction of sp³-hybridized carbons (Fsp3) is 0.333.